The molecule has 0 spiro atoms. The van der Waals surface area contributed by atoms with E-state index in [1.54, 1.807) is 12.1 Å². The van der Waals surface area contributed by atoms with Gasteiger partial charge >= 0.3 is 0 Å². The van der Waals surface area contributed by atoms with Gasteiger partial charge in [0.2, 0.25) is 0 Å². The number of nitrogens with zero attached hydrogens (tertiary/aromatic N) is 5. The van der Waals surface area contributed by atoms with Crippen molar-refractivity contribution in [3.05, 3.63) is 70.7 Å². The smallest absolute Gasteiger partial charge is 0.273 e. The number of piperazine rings is 1. The van der Waals surface area contributed by atoms with Crippen molar-refractivity contribution in [3.63, 3.8) is 0 Å². The SMILES string of the molecule is O=[N+]([O-])c1cccc(OCCN2CCN(Cc3cn4ccccc4n3)CC2)c1. The Morgan fingerprint density at radius 1 is 1.07 bits per heavy atom. The van der Waals surface area contributed by atoms with Crippen LogP contribution in [-0.4, -0.2) is 63.4 Å². The molecular formula is C20H23N5O3. The topological polar surface area (TPSA) is 76.2 Å². The largest absolute Gasteiger partial charge is 0.492 e. The zero-order chi connectivity index (χ0) is 19.3. The van der Waals surface area contributed by atoms with E-state index >= 15 is 0 Å². The van der Waals surface area contributed by atoms with Crippen molar-refractivity contribution in [1.29, 1.82) is 0 Å². The van der Waals surface area contributed by atoms with Crippen molar-refractivity contribution < 1.29 is 9.66 Å². The van der Waals surface area contributed by atoms with Gasteiger partial charge in [-0.2, -0.15) is 0 Å². The lowest BCUT2D eigenvalue weighted by Gasteiger charge is -2.34. The van der Waals surface area contributed by atoms with Crippen LogP contribution < -0.4 is 4.74 Å². The summed E-state index contributed by atoms with van der Waals surface area (Å²) in [6.07, 6.45) is 4.11. The molecule has 0 aliphatic carbocycles. The molecule has 8 heteroatoms. The molecule has 4 rings (SSSR count). The molecule has 1 saturated heterocycles. The van der Waals surface area contributed by atoms with E-state index in [0.717, 1.165) is 50.6 Å². The Hall–Kier alpha value is -2.97. The summed E-state index contributed by atoms with van der Waals surface area (Å²) in [6.45, 7) is 6.13. The Balaban J connectivity index is 1.21. The molecule has 0 radical (unpaired) electrons. The second-order valence-corrected chi connectivity index (χ2v) is 6.92. The maximum atomic E-state index is 10.8. The van der Waals surface area contributed by atoms with Gasteiger partial charge in [0.25, 0.3) is 5.69 Å². The van der Waals surface area contributed by atoms with Gasteiger partial charge in [-0.3, -0.25) is 19.9 Å². The summed E-state index contributed by atoms with van der Waals surface area (Å²) >= 11 is 0. The highest BCUT2D eigenvalue weighted by atomic mass is 16.6. The Labute approximate surface area is 163 Å². The molecule has 0 bridgehead atoms. The molecule has 0 amide bonds. The Bertz CT molecular complexity index is 917. The third kappa shape index (κ3) is 4.47. The molecule has 3 heterocycles. The molecule has 3 aromatic rings. The summed E-state index contributed by atoms with van der Waals surface area (Å²) in [6, 6.07) is 12.4. The molecule has 0 atom stereocenters. The van der Waals surface area contributed by atoms with Crippen LogP contribution in [0.15, 0.2) is 54.9 Å². The fraction of sp³-hybridized carbons (Fsp3) is 0.350. The van der Waals surface area contributed by atoms with Crippen molar-refractivity contribution >= 4 is 11.3 Å². The van der Waals surface area contributed by atoms with Gasteiger partial charge in [-0.15, -0.1) is 0 Å². The van der Waals surface area contributed by atoms with E-state index in [4.69, 9.17) is 4.74 Å². The van der Waals surface area contributed by atoms with Crippen molar-refractivity contribution in [1.82, 2.24) is 19.2 Å². The van der Waals surface area contributed by atoms with Crippen LogP contribution in [0.3, 0.4) is 0 Å². The Morgan fingerprint density at radius 3 is 2.68 bits per heavy atom. The zero-order valence-corrected chi connectivity index (χ0v) is 15.6. The number of rotatable bonds is 7. The average Bonchev–Trinajstić information content (AvgIpc) is 3.12. The molecule has 1 fully saturated rings. The zero-order valence-electron chi connectivity index (χ0n) is 15.6. The number of benzene rings is 1. The average molecular weight is 381 g/mol. The van der Waals surface area contributed by atoms with Crippen molar-refractivity contribution in [3.8, 4) is 5.75 Å². The molecule has 146 valence electrons. The molecule has 2 aromatic heterocycles. The Kier molecular flexibility index (Phi) is 5.50. The number of imidazole rings is 1. The minimum absolute atomic E-state index is 0.0538. The molecule has 1 aromatic carbocycles. The highest BCUT2D eigenvalue weighted by Crippen LogP contribution is 2.19. The van der Waals surface area contributed by atoms with Gasteiger partial charge in [0.1, 0.15) is 18.0 Å². The lowest BCUT2D eigenvalue weighted by Crippen LogP contribution is -2.47. The fourth-order valence-corrected chi connectivity index (χ4v) is 3.44. The fourth-order valence-electron chi connectivity index (χ4n) is 3.44. The van der Waals surface area contributed by atoms with Crippen LogP contribution >= 0.6 is 0 Å². The molecule has 0 saturated carbocycles. The lowest BCUT2D eigenvalue weighted by molar-refractivity contribution is -0.384. The van der Waals surface area contributed by atoms with E-state index in [-0.39, 0.29) is 5.69 Å². The summed E-state index contributed by atoms with van der Waals surface area (Å²) in [5.41, 5.74) is 2.13. The number of nitro benzene ring substituents is 1. The molecule has 28 heavy (non-hydrogen) atoms. The summed E-state index contributed by atoms with van der Waals surface area (Å²) < 4.78 is 7.74. The van der Waals surface area contributed by atoms with Gasteiger partial charge in [-0.25, -0.2) is 4.98 Å². The van der Waals surface area contributed by atoms with Crippen LogP contribution in [-0.2, 0) is 6.54 Å². The number of nitro groups is 1. The molecule has 1 aliphatic heterocycles. The number of non-ortho nitro benzene ring substituents is 1. The normalized spacial score (nSPS) is 15.7. The minimum Gasteiger partial charge on any atom is -0.492 e. The van der Waals surface area contributed by atoms with Crippen LogP contribution in [0.1, 0.15) is 5.69 Å². The van der Waals surface area contributed by atoms with Crippen LogP contribution in [0.2, 0.25) is 0 Å². The molecule has 1 aliphatic rings. The van der Waals surface area contributed by atoms with Crippen LogP contribution in [0.25, 0.3) is 5.65 Å². The van der Waals surface area contributed by atoms with E-state index < -0.39 is 4.92 Å². The number of pyridine rings is 1. The van der Waals surface area contributed by atoms with Gasteiger partial charge in [0.05, 0.1) is 16.7 Å². The third-order valence-corrected chi connectivity index (χ3v) is 4.97. The van der Waals surface area contributed by atoms with Crippen molar-refractivity contribution in [2.24, 2.45) is 0 Å². The van der Waals surface area contributed by atoms with Crippen molar-refractivity contribution in [2.45, 2.75) is 6.54 Å². The van der Waals surface area contributed by atoms with Gasteiger partial charge in [0, 0.05) is 57.7 Å². The summed E-state index contributed by atoms with van der Waals surface area (Å²) in [4.78, 5) is 19.9. The number of ether oxygens (including phenoxy) is 1. The highest BCUT2D eigenvalue weighted by molar-refractivity contribution is 5.39. The minimum atomic E-state index is -0.408. The standard InChI is InChI=1S/C20H23N5O3/c26-25(27)18-4-3-5-19(14-18)28-13-12-22-8-10-23(11-9-22)15-17-16-24-7-2-1-6-20(24)21-17/h1-7,14,16H,8-13,15H2. The number of hydrogen-bond acceptors (Lipinski definition) is 6. The first-order valence-electron chi connectivity index (χ1n) is 9.42. The predicted molar refractivity (Wildman–Crippen MR) is 106 cm³/mol. The van der Waals surface area contributed by atoms with Crippen LogP contribution in [0, 0.1) is 10.1 Å². The summed E-state index contributed by atoms with van der Waals surface area (Å²) in [5, 5.41) is 10.8. The van der Waals surface area contributed by atoms with E-state index in [9.17, 15) is 10.1 Å². The second-order valence-electron chi connectivity index (χ2n) is 6.92. The quantitative estimate of drug-likeness (QED) is 0.462. The maximum Gasteiger partial charge on any atom is 0.273 e. The van der Waals surface area contributed by atoms with Crippen molar-refractivity contribution in [2.75, 3.05) is 39.3 Å². The lowest BCUT2D eigenvalue weighted by atomic mass is 10.3. The molecule has 0 N–H and O–H groups in total. The van der Waals surface area contributed by atoms with Gasteiger partial charge in [-0.1, -0.05) is 12.1 Å². The van der Waals surface area contributed by atoms with E-state index in [1.165, 1.54) is 12.1 Å². The number of fused-ring (bicyclic) bond motifs is 1. The molecule has 0 unspecified atom stereocenters. The maximum absolute atomic E-state index is 10.8. The van der Waals surface area contributed by atoms with E-state index in [1.807, 2.05) is 24.4 Å². The summed E-state index contributed by atoms with van der Waals surface area (Å²) in [5.74, 6) is 0.541. The van der Waals surface area contributed by atoms with Crippen LogP contribution in [0.4, 0.5) is 5.69 Å². The van der Waals surface area contributed by atoms with Gasteiger partial charge < -0.3 is 9.14 Å². The molecule has 8 nitrogen and oxygen atoms in total. The first-order valence-corrected chi connectivity index (χ1v) is 9.42. The summed E-state index contributed by atoms with van der Waals surface area (Å²) in [7, 11) is 0. The van der Waals surface area contributed by atoms with Crippen LogP contribution in [0.5, 0.6) is 5.75 Å². The third-order valence-electron chi connectivity index (χ3n) is 4.97. The number of aromatic nitrogens is 2. The second kappa shape index (κ2) is 8.37. The molecular weight excluding hydrogens is 358 g/mol. The van der Waals surface area contributed by atoms with E-state index in [0.29, 0.717) is 12.4 Å². The van der Waals surface area contributed by atoms with Gasteiger partial charge in [0.15, 0.2) is 0 Å². The van der Waals surface area contributed by atoms with E-state index in [2.05, 4.69) is 25.4 Å². The predicted octanol–water partition coefficient (Wildman–Crippen LogP) is 2.44. The monoisotopic (exact) mass is 381 g/mol. The number of hydrogen-bond donors (Lipinski definition) is 0. The first-order chi connectivity index (χ1) is 13.7. The van der Waals surface area contributed by atoms with Gasteiger partial charge in [-0.05, 0) is 18.2 Å². The first kappa shape index (κ1) is 18.4. The highest BCUT2D eigenvalue weighted by Gasteiger charge is 2.18. The Morgan fingerprint density at radius 2 is 1.89 bits per heavy atom.